The van der Waals surface area contributed by atoms with Gasteiger partial charge in [0.15, 0.2) is 0 Å². The van der Waals surface area contributed by atoms with Crippen LogP contribution in [-0.4, -0.2) is 32.2 Å². The van der Waals surface area contributed by atoms with Crippen LogP contribution < -0.4 is 22.3 Å². The Balaban J connectivity index is 1.83. The largest absolute Gasteiger partial charge is 0.480 e. The Morgan fingerprint density at radius 1 is 1.09 bits per heavy atom. The van der Waals surface area contributed by atoms with Gasteiger partial charge in [-0.25, -0.2) is 22.9 Å². The highest BCUT2D eigenvalue weighted by molar-refractivity contribution is 5.97. The van der Waals surface area contributed by atoms with Gasteiger partial charge in [-0.1, -0.05) is 12.1 Å². The molecule has 0 saturated heterocycles. The first-order valence-corrected chi connectivity index (χ1v) is 9.24. The number of nitrogen functional groups attached to an aromatic ring is 1. The average molecular weight is 444 g/mol. The van der Waals surface area contributed by atoms with Gasteiger partial charge in [0, 0.05) is 31.4 Å². The van der Waals surface area contributed by atoms with Gasteiger partial charge in [-0.3, -0.25) is 9.59 Å². The summed E-state index contributed by atoms with van der Waals surface area (Å²) in [5.74, 6) is -5.11. The van der Waals surface area contributed by atoms with E-state index < -0.39 is 46.4 Å². The summed E-state index contributed by atoms with van der Waals surface area (Å²) < 4.78 is 30.1. The molecule has 0 spiro atoms. The lowest BCUT2D eigenvalue weighted by atomic mass is 10.0. The maximum absolute atomic E-state index is 14.0. The number of nitrogens with zero attached hydrogens (tertiary/aromatic N) is 2. The van der Waals surface area contributed by atoms with Crippen molar-refractivity contribution in [1.82, 2.24) is 14.5 Å². The number of benzene rings is 2. The lowest BCUT2D eigenvalue weighted by Crippen LogP contribution is -2.43. The zero-order chi connectivity index (χ0) is 23.6. The van der Waals surface area contributed by atoms with Gasteiger partial charge in [-0.2, -0.15) is 0 Å². The van der Waals surface area contributed by atoms with Gasteiger partial charge < -0.3 is 20.7 Å². The van der Waals surface area contributed by atoms with Gasteiger partial charge >= 0.3 is 11.7 Å². The van der Waals surface area contributed by atoms with Crippen molar-refractivity contribution < 1.29 is 23.5 Å². The molecule has 1 heterocycles. The fourth-order valence-electron chi connectivity index (χ4n) is 3.06. The normalized spacial score (nSPS) is 11.7. The number of carbonyl (C=O) groups excluding carboxylic acids is 1. The summed E-state index contributed by atoms with van der Waals surface area (Å²) >= 11 is 0. The van der Waals surface area contributed by atoms with Gasteiger partial charge in [0.2, 0.25) is 0 Å². The van der Waals surface area contributed by atoms with Gasteiger partial charge in [-0.15, -0.1) is 0 Å². The first-order chi connectivity index (χ1) is 15.1. The number of nitrogens with two attached hydrogens (primary N) is 1. The molecule has 0 saturated carbocycles. The molecule has 0 aliphatic carbocycles. The van der Waals surface area contributed by atoms with Gasteiger partial charge in [0.05, 0.1) is 5.69 Å². The highest BCUT2D eigenvalue weighted by Gasteiger charge is 2.25. The molecule has 1 aromatic heterocycles. The van der Waals surface area contributed by atoms with Crippen LogP contribution in [0.1, 0.15) is 15.9 Å². The molecular weight excluding hydrogens is 426 g/mol. The Labute approximate surface area is 179 Å². The van der Waals surface area contributed by atoms with Crippen molar-refractivity contribution in [2.24, 2.45) is 7.05 Å². The molecule has 1 amide bonds. The van der Waals surface area contributed by atoms with Gasteiger partial charge in [0.25, 0.3) is 11.5 Å². The standard InChI is InChI=1S/C21H18F2N4O5/c1-26-7-6-17(28)27(21(26)32)13-4-2-11(3-5-13)8-16(20(30)31)25-19(29)18-14(22)9-12(24)10-15(18)23/h2-7,9-10,16H,8,24H2,1H3,(H,25,29)(H,30,31)/t16-/m0/s1. The SMILES string of the molecule is Cn1ccc(=O)n(-c2ccc(C[C@H](NC(=O)c3c(F)cc(N)cc3F)C(=O)O)cc2)c1=O. The number of amides is 1. The van der Waals surface area contributed by atoms with Crippen LogP contribution in [0.3, 0.4) is 0 Å². The number of carboxylic acid groups (broad SMARTS) is 1. The highest BCUT2D eigenvalue weighted by atomic mass is 19.1. The minimum Gasteiger partial charge on any atom is -0.480 e. The smallest absolute Gasteiger partial charge is 0.335 e. The number of aryl methyl sites for hydroxylation is 1. The number of carbonyl (C=O) groups is 2. The lowest BCUT2D eigenvalue weighted by molar-refractivity contribution is -0.139. The van der Waals surface area contributed by atoms with Crippen molar-refractivity contribution in [3.8, 4) is 5.69 Å². The van der Waals surface area contributed by atoms with E-state index in [4.69, 9.17) is 5.73 Å². The molecule has 0 radical (unpaired) electrons. The van der Waals surface area contributed by atoms with Crippen LogP contribution in [0, 0.1) is 11.6 Å². The van der Waals surface area contributed by atoms with Crippen molar-refractivity contribution in [2.45, 2.75) is 12.5 Å². The topological polar surface area (TPSA) is 136 Å². The third-order valence-electron chi connectivity index (χ3n) is 4.68. The van der Waals surface area contributed by atoms with Crippen molar-refractivity contribution in [2.75, 3.05) is 5.73 Å². The van der Waals surface area contributed by atoms with E-state index in [1.54, 1.807) is 0 Å². The summed E-state index contributed by atoms with van der Waals surface area (Å²) in [5.41, 5.74) is 3.74. The summed E-state index contributed by atoms with van der Waals surface area (Å²) in [6, 6.07) is 7.06. The fraction of sp³-hybridized carbons (Fsp3) is 0.143. The number of aromatic nitrogens is 2. The fourth-order valence-corrected chi connectivity index (χ4v) is 3.06. The number of hydrogen-bond acceptors (Lipinski definition) is 5. The Morgan fingerprint density at radius 2 is 1.69 bits per heavy atom. The van der Waals surface area contributed by atoms with Crippen LogP contribution in [0.4, 0.5) is 14.5 Å². The molecule has 9 nitrogen and oxygen atoms in total. The summed E-state index contributed by atoms with van der Waals surface area (Å²) in [5, 5.41) is 11.5. The third kappa shape index (κ3) is 4.56. The van der Waals surface area contributed by atoms with E-state index in [1.807, 2.05) is 0 Å². The highest BCUT2D eigenvalue weighted by Crippen LogP contribution is 2.17. The predicted octanol–water partition coefficient (Wildman–Crippen LogP) is 0.822. The second-order valence-electron chi connectivity index (χ2n) is 6.98. The molecule has 0 fully saturated rings. The van der Waals surface area contributed by atoms with Crippen LogP contribution in [0.25, 0.3) is 5.69 Å². The average Bonchev–Trinajstić information content (AvgIpc) is 2.71. The Bertz CT molecular complexity index is 1290. The van der Waals surface area contributed by atoms with E-state index in [-0.39, 0.29) is 17.8 Å². The summed E-state index contributed by atoms with van der Waals surface area (Å²) in [6.45, 7) is 0. The molecule has 166 valence electrons. The maximum atomic E-state index is 14.0. The molecule has 2 aromatic carbocycles. The Hall–Kier alpha value is -4.28. The Morgan fingerprint density at radius 3 is 2.25 bits per heavy atom. The van der Waals surface area contributed by atoms with Crippen LogP contribution >= 0.6 is 0 Å². The van der Waals surface area contributed by atoms with Crippen molar-refractivity contribution in [3.63, 3.8) is 0 Å². The third-order valence-corrected chi connectivity index (χ3v) is 4.68. The Kier molecular flexibility index (Phi) is 6.19. The number of anilines is 1. The first kappa shape index (κ1) is 22.4. The van der Waals surface area contributed by atoms with Crippen molar-refractivity contribution in [3.05, 3.63) is 92.3 Å². The molecule has 11 heteroatoms. The second-order valence-corrected chi connectivity index (χ2v) is 6.98. The van der Waals surface area contributed by atoms with E-state index >= 15 is 0 Å². The quantitative estimate of drug-likeness (QED) is 0.482. The predicted molar refractivity (Wildman–Crippen MR) is 111 cm³/mol. The number of hydrogen-bond donors (Lipinski definition) is 3. The van der Waals surface area contributed by atoms with E-state index in [0.29, 0.717) is 5.56 Å². The molecule has 1 atom stereocenters. The minimum absolute atomic E-state index is 0.221. The second kappa shape index (κ2) is 8.84. The van der Waals surface area contributed by atoms with Gasteiger partial charge in [0.1, 0.15) is 23.2 Å². The van der Waals surface area contributed by atoms with Crippen LogP contribution in [0.5, 0.6) is 0 Å². The zero-order valence-electron chi connectivity index (χ0n) is 16.7. The van der Waals surface area contributed by atoms with E-state index in [9.17, 15) is 33.1 Å². The molecule has 3 rings (SSSR count). The zero-order valence-corrected chi connectivity index (χ0v) is 16.7. The lowest BCUT2D eigenvalue weighted by Gasteiger charge is -2.16. The summed E-state index contributed by atoms with van der Waals surface area (Å²) in [7, 11) is 1.49. The van der Waals surface area contributed by atoms with Crippen molar-refractivity contribution >= 4 is 17.6 Å². The number of aliphatic carboxylic acids is 1. The number of halogens is 2. The minimum atomic E-state index is -1.50. The molecule has 32 heavy (non-hydrogen) atoms. The molecule has 0 aliphatic heterocycles. The van der Waals surface area contributed by atoms with Crippen molar-refractivity contribution in [1.29, 1.82) is 0 Å². The van der Waals surface area contributed by atoms with Crippen LogP contribution in [0.2, 0.25) is 0 Å². The molecule has 4 N–H and O–H groups in total. The monoisotopic (exact) mass is 444 g/mol. The number of rotatable bonds is 6. The summed E-state index contributed by atoms with van der Waals surface area (Å²) in [4.78, 5) is 48.1. The maximum Gasteiger partial charge on any atom is 0.335 e. The van der Waals surface area contributed by atoms with Crippen LogP contribution in [0.15, 0.2) is 58.3 Å². The number of carboxylic acids is 1. The molecular formula is C21H18F2N4O5. The van der Waals surface area contributed by atoms with Crippen LogP contribution in [-0.2, 0) is 18.3 Å². The number of nitrogens with one attached hydrogen (secondary N) is 1. The molecule has 0 bridgehead atoms. The molecule has 0 unspecified atom stereocenters. The first-order valence-electron chi connectivity index (χ1n) is 9.24. The molecule has 0 aliphatic rings. The summed E-state index contributed by atoms with van der Waals surface area (Å²) in [6.07, 6.45) is 1.11. The molecule has 3 aromatic rings. The van der Waals surface area contributed by atoms with E-state index in [2.05, 4.69) is 5.32 Å². The van der Waals surface area contributed by atoms with E-state index in [1.165, 1.54) is 48.1 Å². The van der Waals surface area contributed by atoms with E-state index in [0.717, 1.165) is 16.7 Å². The van der Waals surface area contributed by atoms with Gasteiger partial charge in [-0.05, 0) is 29.8 Å².